The van der Waals surface area contributed by atoms with Crippen LogP contribution in [0.15, 0.2) is 22.7 Å². The lowest BCUT2D eigenvalue weighted by molar-refractivity contribution is 0.0951. The second kappa shape index (κ2) is 5.54. The van der Waals surface area contributed by atoms with Gasteiger partial charge in [0.05, 0.1) is 12.7 Å². The molecule has 2 rings (SSSR count). The Morgan fingerprint density at radius 3 is 2.94 bits per heavy atom. The van der Waals surface area contributed by atoms with Gasteiger partial charge in [0.15, 0.2) is 0 Å². The molecule has 0 atom stereocenters. The van der Waals surface area contributed by atoms with Crippen molar-refractivity contribution in [2.24, 2.45) is 5.92 Å². The summed E-state index contributed by atoms with van der Waals surface area (Å²) < 4.78 is 5.91. The summed E-state index contributed by atoms with van der Waals surface area (Å²) in [4.78, 5) is 11.9. The van der Waals surface area contributed by atoms with Crippen molar-refractivity contribution < 1.29 is 9.53 Å². The Morgan fingerprint density at radius 2 is 2.29 bits per heavy atom. The van der Waals surface area contributed by atoms with Crippen molar-refractivity contribution in [3.05, 3.63) is 28.2 Å². The SMILES string of the molecule is COc1ccc(Br)c(C(=O)NCCC2CC2)c1. The second-order valence-corrected chi connectivity index (χ2v) is 5.19. The lowest BCUT2D eigenvalue weighted by Gasteiger charge is -2.08. The molecule has 0 spiro atoms. The summed E-state index contributed by atoms with van der Waals surface area (Å²) in [6, 6.07) is 5.40. The van der Waals surface area contributed by atoms with Crippen molar-refractivity contribution in [2.75, 3.05) is 13.7 Å². The highest BCUT2D eigenvalue weighted by atomic mass is 79.9. The number of carbonyl (C=O) groups is 1. The number of hydrogen-bond donors (Lipinski definition) is 1. The maximum atomic E-state index is 11.9. The van der Waals surface area contributed by atoms with E-state index in [1.807, 2.05) is 12.1 Å². The minimum absolute atomic E-state index is 0.0450. The van der Waals surface area contributed by atoms with Crippen LogP contribution in [0.3, 0.4) is 0 Å². The zero-order valence-electron chi connectivity index (χ0n) is 9.83. The minimum Gasteiger partial charge on any atom is -0.497 e. The molecular formula is C13H16BrNO2. The van der Waals surface area contributed by atoms with Gasteiger partial charge >= 0.3 is 0 Å². The van der Waals surface area contributed by atoms with Crippen LogP contribution < -0.4 is 10.1 Å². The lowest BCUT2D eigenvalue weighted by Crippen LogP contribution is -2.25. The summed E-state index contributed by atoms with van der Waals surface area (Å²) in [6.45, 7) is 0.757. The largest absolute Gasteiger partial charge is 0.497 e. The van der Waals surface area contributed by atoms with E-state index in [-0.39, 0.29) is 5.91 Å². The van der Waals surface area contributed by atoms with Gasteiger partial charge in [0, 0.05) is 11.0 Å². The quantitative estimate of drug-likeness (QED) is 0.907. The number of carbonyl (C=O) groups excluding carboxylic acids is 1. The zero-order chi connectivity index (χ0) is 12.3. The Balaban J connectivity index is 1.96. The van der Waals surface area contributed by atoms with Crippen molar-refractivity contribution in [3.8, 4) is 5.75 Å². The average Bonchev–Trinajstić information content (AvgIpc) is 3.13. The number of halogens is 1. The van der Waals surface area contributed by atoms with E-state index in [1.54, 1.807) is 13.2 Å². The maximum Gasteiger partial charge on any atom is 0.252 e. The molecule has 1 aromatic rings. The first-order valence-electron chi connectivity index (χ1n) is 5.82. The van der Waals surface area contributed by atoms with E-state index in [1.165, 1.54) is 12.8 Å². The number of amides is 1. The van der Waals surface area contributed by atoms with E-state index in [0.717, 1.165) is 23.4 Å². The van der Waals surface area contributed by atoms with Gasteiger partial charge in [0.1, 0.15) is 5.75 Å². The van der Waals surface area contributed by atoms with Crippen molar-refractivity contribution in [3.63, 3.8) is 0 Å². The molecule has 1 saturated carbocycles. The van der Waals surface area contributed by atoms with Crippen LogP contribution in [0.5, 0.6) is 5.75 Å². The fraction of sp³-hybridized carbons (Fsp3) is 0.462. The van der Waals surface area contributed by atoms with Crippen molar-refractivity contribution in [1.29, 1.82) is 0 Å². The molecule has 1 fully saturated rings. The van der Waals surface area contributed by atoms with Gasteiger partial charge in [-0.05, 0) is 46.5 Å². The number of hydrogen-bond acceptors (Lipinski definition) is 2. The third-order valence-corrected chi connectivity index (χ3v) is 3.64. The number of benzene rings is 1. The molecule has 0 heterocycles. The molecule has 1 aromatic carbocycles. The third kappa shape index (κ3) is 3.46. The highest BCUT2D eigenvalue weighted by molar-refractivity contribution is 9.10. The monoisotopic (exact) mass is 297 g/mol. The first kappa shape index (κ1) is 12.4. The van der Waals surface area contributed by atoms with Gasteiger partial charge < -0.3 is 10.1 Å². The molecule has 0 aromatic heterocycles. The van der Waals surface area contributed by atoms with Gasteiger partial charge in [-0.15, -0.1) is 0 Å². The van der Waals surface area contributed by atoms with E-state index < -0.39 is 0 Å². The Kier molecular flexibility index (Phi) is 4.05. The van der Waals surface area contributed by atoms with Crippen molar-refractivity contribution in [1.82, 2.24) is 5.32 Å². The van der Waals surface area contributed by atoms with E-state index in [0.29, 0.717) is 11.3 Å². The average molecular weight is 298 g/mol. The van der Waals surface area contributed by atoms with Gasteiger partial charge in [-0.25, -0.2) is 0 Å². The molecule has 92 valence electrons. The Bertz CT molecular complexity index is 416. The summed E-state index contributed by atoms with van der Waals surface area (Å²) in [5.41, 5.74) is 0.625. The van der Waals surface area contributed by atoms with Crippen LogP contribution >= 0.6 is 15.9 Å². The molecule has 0 radical (unpaired) electrons. The molecule has 0 bridgehead atoms. The summed E-state index contributed by atoms with van der Waals surface area (Å²) in [5, 5.41) is 2.94. The van der Waals surface area contributed by atoms with Gasteiger partial charge in [-0.3, -0.25) is 4.79 Å². The van der Waals surface area contributed by atoms with E-state index in [2.05, 4.69) is 21.2 Å². The van der Waals surface area contributed by atoms with E-state index in [4.69, 9.17) is 4.74 Å². The lowest BCUT2D eigenvalue weighted by atomic mass is 10.2. The van der Waals surface area contributed by atoms with Crippen molar-refractivity contribution >= 4 is 21.8 Å². The second-order valence-electron chi connectivity index (χ2n) is 4.33. The Labute approximate surface area is 110 Å². The molecule has 0 saturated heterocycles. The first-order chi connectivity index (χ1) is 8.20. The summed E-state index contributed by atoms with van der Waals surface area (Å²) in [6.07, 6.45) is 3.73. The molecule has 0 unspecified atom stereocenters. The normalized spacial score (nSPS) is 14.5. The highest BCUT2D eigenvalue weighted by Crippen LogP contribution is 2.31. The van der Waals surface area contributed by atoms with Crippen LogP contribution in [0.1, 0.15) is 29.6 Å². The number of nitrogens with one attached hydrogen (secondary N) is 1. The van der Waals surface area contributed by atoms with Gasteiger partial charge in [-0.2, -0.15) is 0 Å². The molecule has 1 N–H and O–H groups in total. The molecule has 1 aliphatic carbocycles. The highest BCUT2D eigenvalue weighted by Gasteiger charge is 2.21. The van der Waals surface area contributed by atoms with Crippen LogP contribution in [-0.4, -0.2) is 19.6 Å². The Hall–Kier alpha value is -1.03. The predicted octanol–water partition coefficient (Wildman–Crippen LogP) is 2.99. The summed E-state index contributed by atoms with van der Waals surface area (Å²) in [7, 11) is 1.60. The molecular weight excluding hydrogens is 282 g/mol. The van der Waals surface area contributed by atoms with Crippen LogP contribution in [0, 0.1) is 5.92 Å². The fourth-order valence-corrected chi connectivity index (χ4v) is 2.12. The standard InChI is InChI=1S/C13H16BrNO2/c1-17-10-4-5-12(14)11(8-10)13(16)15-7-6-9-2-3-9/h4-5,8-9H,2-3,6-7H2,1H3,(H,15,16). The molecule has 0 aliphatic heterocycles. The molecule has 1 amide bonds. The van der Waals surface area contributed by atoms with Gasteiger partial charge in [0.25, 0.3) is 5.91 Å². The maximum absolute atomic E-state index is 11.9. The van der Waals surface area contributed by atoms with Crippen molar-refractivity contribution in [2.45, 2.75) is 19.3 Å². The first-order valence-corrected chi connectivity index (χ1v) is 6.61. The third-order valence-electron chi connectivity index (χ3n) is 2.95. The van der Waals surface area contributed by atoms with Crippen LogP contribution in [-0.2, 0) is 0 Å². The number of ether oxygens (including phenoxy) is 1. The van der Waals surface area contributed by atoms with Gasteiger partial charge in [-0.1, -0.05) is 12.8 Å². The van der Waals surface area contributed by atoms with Crippen LogP contribution in [0.4, 0.5) is 0 Å². The fourth-order valence-electron chi connectivity index (χ4n) is 1.70. The number of rotatable bonds is 5. The van der Waals surface area contributed by atoms with Gasteiger partial charge in [0.2, 0.25) is 0 Å². The molecule has 17 heavy (non-hydrogen) atoms. The topological polar surface area (TPSA) is 38.3 Å². The van der Waals surface area contributed by atoms with Crippen LogP contribution in [0.25, 0.3) is 0 Å². The molecule has 3 nitrogen and oxygen atoms in total. The predicted molar refractivity (Wildman–Crippen MR) is 70.4 cm³/mol. The van der Waals surface area contributed by atoms with E-state index in [9.17, 15) is 4.79 Å². The molecule has 1 aliphatic rings. The van der Waals surface area contributed by atoms with E-state index >= 15 is 0 Å². The van der Waals surface area contributed by atoms with Crippen LogP contribution in [0.2, 0.25) is 0 Å². The summed E-state index contributed by atoms with van der Waals surface area (Å²) in [5.74, 6) is 1.49. The zero-order valence-corrected chi connectivity index (χ0v) is 11.4. The Morgan fingerprint density at radius 1 is 1.53 bits per heavy atom. The summed E-state index contributed by atoms with van der Waals surface area (Å²) >= 11 is 3.38. The minimum atomic E-state index is -0.0450. The number of methoxy groups -OCH3 is 1. The smallest absolute Gasteiger partial charge is 0.252 e. The molecule has 4 heteroatoms.